The quantitative estimate of drug-likeness (QED) is 0.937. The Morgan fingerprint density at radius 3 is 2.88 bits per heavy atom. The normalized spacial score (nSPS) is 10.7. The molecule has 0 aliphatic rings. The van der Waals surface area contributed by atoms with Gasteiger partial charge in [0.05, 0.1) is 5.69 Å². The molecular weight excluding hydrogens is 266 g/mol. The van der Waals surface area contributed by atoms with Crippen LogP contribution >= 0.6 is 15.9 Å². The Balaban J connectivity index is 2.23. The molecule has 1 aromatic heterocycles. The van der Waals surface area contributed by atoms with Crippen molar-refractivity contribution in [1.82, 2.24) is 9.55 Å². The molecule has 16 heavy (non-hydrogen) atoms. The Hall–Kier alpha value is -1.13. The fourth-order valence-electron chi connectivity index (χ4n) is 1.66. The fraction of sp³-hybridized carbons (Fsp3) is 0.250. The van der Waals surface area contributed by atoms with Crippen molar-refractivity contribution in [2.45, 2.75) is 13.0 Å². The topological polar surface area (TPSA) is 43.8 Å². The van der Waals surface area contributed by atoms with Crippen LogP contribution in [0, 0.1) is 0 Å². The molecule has 0 bridgehead atoms. The van der Waals surface area contributed by atoms with E-state index in [1.807, 2.05) is 29.9 Å². The summed E-state index contributed by atoms with van der Waals surface area (Å²) in [6, 6.07) is 8.26. The molecule has 2 N–H and O–H groups in total. The van der Waals surface area contributed by atoms with Crippen LogP contribution in [-0.2, 0) is 20.0 Å². The van der Waals surface area contributed by atoms with E-state index in [1.54, 1.807) is 0 Å². The van der Waals surface area contributed by atoms with Crippen molar-refractivity contribution in [3.05, 3.63) is 52.0 Å². The predicted octanol–water partition coefficient (Wildman–Crippen LogP) is 2.23. The SMILES string of the molecule is Cn1cc(CN)nc1Cc1cccc(Br)c1. The molecule has 0 spiro atoms. The molecule has 0 unspecified atom stereocenters. The smallest absolute Gasteiger partial charge is 0.113 e. The number of hydrogen-bond donors (Lipinski definition) is 1. The average molecular weight is 280 g/mol. The number of hydrogen-bond acceptors (Lipinski definition) is 2. The lowest BCUT2D eigenvalue weighted by Gasteiger charge is -2.02. The van der Waals surface area contributed by atoms with Crippen molar-refractivity contribution in [2.24, 2.45) is 12.8 Å². The molecule has 0 saturated heterocycles. The van der Waals surface area contributed by atoms with Crippen LogP contribution in [0.4, 0.5) is 0 Å². The first-order chi connectivity index (χ1) is 7.69. The molecule has 4 heteroatoms. The van der Waals surface area contributed by atoms with E-state index in [2.05, 4.69) is 33.0 Å². The van der Waals surface area contributed by atoms with Gasteiger partial charge in [0.15, 0.2) is 0 Å². The predicted molar refractivity (Wildman–Crippen MR) is 68.0 cm³/mol. The second-order valence-electron chi connectivity index (χ2n) is 3.77. The van der Waals surface area contributed by atoms with Crippen LogP contribution in [0.2, 0.25) is 0 Å². The van der Waals surface area contributed by atoms with Crippen molar-refractivity contribution in [2.75, 3.05) is 0 Å². The van der Waals surface area contributed by atoms with E-state index in [9.17, 15) is 0 Å². The number of halogens is 1. The Kier molecular flexibility index (Phi) is 3.41. The Morgan fingerprint density at radius 1 is 1.44 bits per heavy atom. The summed E-state index contributed by atoms with van der Waals surface area (Å²) in [5, 5.41) is 0. The Labute approximate surface area is 103 Å². The maximum atomic E-state index is 5.57. The summed E-state index contributed by atoms with van der Waals surface area (Å²) in [7, 11) is 2.00. The molecule has 0 atom stereocenters. The lowest BCUT2D eigenvalue weighted by Crippen LogP contribution is -1.98. The van der Waals surface area contributed by atoms with Gasteiger partial charge in [0, 0.05) is 30.7 Å². The maximum Gasteiger partial charge on any atom is 0.113 e. The highest BCUT2D eigenvalue weighted by Crippen LogP contribution is 2.14. The van der Waals surface area contributed by atoms with Crippen molar-refractivity contribution in [3.8, 4) is 0 Å². The molecule has 0 aliphatic carbocycles. The van der Waals surface area contributed by atoms with Crippen molar-refractivity contribution in [1.29, 1.82) is 0 Å². The van der Waals surface area contributed by atoms with E-state index >= 15 is 0 Å². The third kappa shape index (κ3) is 2.51. The van der Waals surface area contributed by atoms with Gasteiger partial charge in [-0.15, -0.1) is 0 Å². The number of nitrogens with zero attached hydrogens (tertiary/aromatic N) is 2. The fourth-order valence-corrected chi connectivity index (χ4v) is 2.11. The molecule has 0 aliphatic heterocycles. The number of nitrogens with two attached hydrogens (primary N) is 1. The first-order valence-electron chi connectivity index (χ1n) is 5.14. The molecule has 0 fully saturated rings. The standard InChI is InChI=1S/C12H14BrN3/c1-16-8-11(7-14)15-12(16)6-9-3-2-4-10(13)5-9/h2-5,8H,6-7,14H2,1H3. The van der Waals surface area contributed by atoms with Gasteiger partial charge in [0.25, 0.3) is 0 Å². The van der Waals surface area contributed by atoms with E-state index < -0.39 is 0 Å². The van der Waals surface area contributed by atoms with E-state index in [0.29, 0.717) is 6.54 Å². The van der Waals surface area contributed by atoms with Crippen molar-refractivity contribution in [3.63, 3.8) is 0 Å². The summed E-state index contributed by atoms with van der Waals surface area (Å²) >= 11 is 3.47. The number of aryl methyl sites for hydroxylation is 1. The van der Waals surface area contributed by atoms with Gasteiger partial charge in [0.1, 0.15) is 5.82 Å². The van der Waals surface area contributed by atoms with Gasteiger partial charge in [-0.2, -0.15) is 0 Å². The summed E-state index contributed by atoms with van der Waals surface area (Å²) < 4.78 is 3.13. The van der Waals surface area contributed by atoms with Gasteiger partial charge in [-0.05, 0) is 17.7 Å². The first-order valence-corrected chi connectivity index (χ1v) is 5.94. The highest BCUT2D eigenvalue weighted by molar-refractivity contribution is 9.10. The molecule has 3 nitrogen and oxygen atoms in total. The zero-order valence-corrected chi connectivity index (χ0v) is 10.7. The van der Waals surface area contributed by atoms with Crippen LogP contribution < -0.4 is 5.73 Å². The van der Waals surface area contributed by atoms with Crippen molar-refractivity contribution >= 4 is 15.9 Å². The average Bonchev–Trinajstić information content (AvgIpc) is 2.60. The van der Waals surface area contributed by atoms with Gasteiger partial charge in [-0.1, -0.05) is 28.1 Å². The van der Waals surface area contributed by atoms with Crippen LogP contribution in [0.15, 0.2) is 34.9 Å². The highest BCUT2D eigenvalue weighted by Gasteiger charge is 2.05. The number of benzene rings is 1. The van der Waals surface area contributed by atoms with Gasteiger partial charge in [-0.25, -0.2) is 4.98 Å². The summed E-state index contributed by atoms with van der Waals surface area (Å²) in [6.45, 7) is 0.492. The lowest BCUT2D eigenvalue weighted by atomic mass is 10.1. The molecule has 1 aromatic carbocycles. The number of rotatable bonds is 3. The minimum absolute atomic E-state index is 0.492. The minimum Gasteiger partial charge on any atom is -0.337 e. The third-order valence-electron chi connectivity index (χ3n) is 2.48. The first kappa shape index (κ1) is 11.4. The van der Waals surface area contributed by atoms with E-state index in [-0.39, 0.29) is 0 Å². The molecule has 0 saturated carbocycles. The summed E-state index contributed by atoms with van der Waals surface area (Å²) in [5.41, 5.74) is 7.75. The summed E-state index contributed by atoms with van der Waals surface area (Å²) in [5.74, 6) is 1.04. The van der Waals surface area contributed by atoms with Gasteiger partial charge in [-0.3, -0.25) is 0 Å². The van der Waals surface area contributed by atoms with Crippen LogP contribution in [0.3, 0.4) is 0 Å². The van der Waals surface area contributed by atoms with E-state index in [4.69, 9.17) is 5.73 Å². The number of aromatic nitrogens is 2. The van der Waals surface area contributed by atoms with Gasteiger partial charge >= 0.3 is 0 Å². The van der Waals surface area contributed by atoms with Crippen LogP contribution in [-0.4, -0.2) is 9.55 Å². The monoisotopic (exact) mass is 279 g/mol. The molecular formula is C12H14BrN3. The molecule has 2 aromatic rings. The van der Waals surface area contributed by atoms with E-state index in [0.717, 1.165) is 22.4 Å². The third-order valence-corrected chi connectivity index (χ3v) is 2.98. The highest BCUT2D eigenvalue weighted by atomic mass is 79.9. The Bertz CT molecular complexity index is 491. The maximum absolute atomic E-state index is 5.57. The van der Waals surface area contributed by atoms with Crippen LogP contribution in [0.25, 0.3) is 0 Å². The largest absolute Gasteiger partial charge is 0.337 e. The zero-order valence-electron chi connectivity index (χ0n) is 9.15. The number of imidazole rings is 1. The lowest BCUT2D eigenvalue weighted by molar-refractivity contribution is 0.821. The Morgan fingerprint density at radius 2 is 2.25 bits per heavy atom. The minimum atomic E-state index is 0.492. The van der Waals surface area contributed by atoms with Gasteiger partial charge < -0.3 is 10.3 Å². The summed E-state index contributed by atoms with van der Waals surface area (Å²) in [6.07, 6.45) is 2.81. The molecule has 84 valence electrons. The van der Waals surface area contributed by atoms with Crippen LogP contribution in [0.1, 0.15) is 17.1 Å². The van der Waals surface area contributed by atoms with Crippen LogP contribution in [0.5, 0.6) is 0 Å². The van der Waals surface area contributed by atoms with Crippen molar-refractivity contribution < 1.29 is 0 Å². The second-order valence-corrected chi connectivity index (χ2v) is 4.69. The summed E-state index contributed by atoms with van der Waals surface area (Å²) in [4.78, 5) is 4.48. The second kappa shape index (κ2) is 4.80. The molecule has 2 rings (SSSR count). The molecule has 1 heterocycles. The molecule has 0 amide bonds. The zero-order chi connectivity index (χ0) is 11.5. The van der Waals surface area contributed by atoms with E-state index in [1.165, 1.54) is 5.56 Å². The molecule has 0 radical (unpaired) electrons. The van der Waals surface area contributed by atoms with Gasteiger partial charge in [0.2, 0.25) is 0 Å².